The molecule has 0 unspecified atom stereocenters. The maximum Gasteiger partial charge on any atom is 0.313 e. The van der Waals surface area contributed by atoms with E-state index >= 15 is 0 Å². The fourth-order valence-electron chi connectivity index (χ4n) is 1.19. The van der Waals surface area contributed by atoms with Crippen molar-refractivity contribution in [3.05, 3.63) is 33.8 Å². The van der Waals surface area contributed by atoms with Gasteiger partial charge in [0, 0.05) is 10.0 Å². The molecule has 0 saturated heterocycles. The van der Waals surface area contributed by atoms with Crippen LogP contribution in [0.4, 0.5) is 0 Å². The number of Topliss-reactive ketones (excluding diaryl/α,β-unsaturated/α-hetero) is 1. The zero-order valence-electron chi connectivity index (χ0n) is 8.54. The summed E-state index contributed by atoms with van der Waals surface area (Å²) in [5, 5.41) is 0. The summed E-state index contributed by atoms with van der Waals surface area (Å²) in [5.41, 5.74) is 1.40. The molecule has 0 aliphatic heterocycles. The fourth-order valence-corrected chi connectivity index (χ4v) is 1.55. The van der Waals surface area contributed by atoms with E-state index in [0.717, 1.165) is 10.0 Å². The molecule has 0 radical (unpaired) electrons. The zero-order chi connectivity index (χ0) is 11.4. The van der Waals surface area contributed by atoms with Crippen LogP contribution in [0.15, 0.2) is 22.7 Å². The van der Waals surface area contributed by atoms with E-state index in [1.807, 2.05) is 19.1 Å². The van der Waals surface area contributed by atoms with Crippen LogP contribution in [0.1, 0.15) is 22.3 Å². The number of hydrogen-bond donors (Lipinski definition) is 0. The van der Waals surface area contributed by atoms with Crippen LogP contribution in [-0.4, -0.2) is 18.9 Å². The van der Waals surface area contributed by atoms with Gasteiger partial charge in [-0.2, -0.15) is 0 Å². The lowest BCUT2D eigenvalue weighted by Gasteiger charge is -2.04. The average Bonchev–Trinajstić information content (AvgIpc) is 2.21. The van der Waals surface area contributed by atoms with E-state index in [-0.39, 0.29) is 12.2 Å². The number of rotatable bonds is 3. The number of carbonyl (C=O) groups is 2. The topological polar surface area (TPSA) is 43.4 Å². The number of carbonyl (C=O) groups excluding carboxylic acids is 2. The summed E-state index contributed by atoms with van der Waals surface area (Å²) in [6.45, 7) is 1.83. The summed E-state index contributed by atoms with van der Waals surface area (Å²) >= 11 is 3.28. The third-order valence-electron chi connectivity index (χ3n) is 2.03. The molecule has 4 heteroatoms. The van der Waals surface area contributed by atoms with Gasteiger partial charge in [0.2, 0.25) is 0 Å². The molecule has 0 aliphatic rings. The Labute approximate surface area is 96.6 Å². The minimum atomic E-state index is -0.514. The minimum Gasteiger partial charge on any atom is -0.469 e. The first-order valence-corrected chi connectivity index (χ1v) is 5.20. The normalized spacial score (nSPS) is 9.80. The highest BCUT2D eigenvalue weighted by Crippen LogP contribution is 2.17. The molecule has 1 aromatic rings. The van der Waals surface area contributed by atoms with E-state index in [2.05, 4.69) is 20.7 Å². The molecular formula is C11H11BrO3. The second-order valence-corrected chi connectivity index (χ2v) is 4.05. The van der Waals surface area contributed by atoms with Crippen molar-refractivity contribution in [3.8, 4) is 0 Å². The number of halogens is 1. The number of benzene rings is 1. The Morgan fingerprint density at radius 2 is 2.07 bits per heavy atom. The van der Waals surface area contributed by atoms with E-state index in [1.54, 1.807) is 6.07 Å². The Hall–Kier alpha value is -1.16. The molecule has 0 amide bonds. The second kappa shape index (κ2) is 5.07. The molecule has 0 N–H and O–H groups in total. The second-order valence-electron chi connectivity index (χ2n) is 3.14. The Bertz CT molecular complexity index is 399. The van der Waals surface area contributed by atoms with Gasteiger partial charge in [-0.3, -0.25) is 9.59 Å². The molecule has 0 bridgehead atoms. The van der Waals surface area contributed by atoms with Crippen LogP contribution in [0.25, 0.3) is 0 Å². The van der Waals surface area contributed by atoms with Gasteiger partial charge in [0.15, 0.2) is 5.78 Å². The highest BCUT2D eigenvalue weighted by atomic mass is 79.9. The van der Waals surface area contributed by atoms with Gasteiger partial charge in [-0.15, -0.1) is 0 Å². The minimum absolute atomic E-state index is 0.214. The molecule has 0 heterocycles. The van der Waals surface area contributed by atoms with Crippen molar-refractivity contribution in [3.63, 3.8) is 0 Å². The first kappa shape index (κ1) is 11.9. The summed E-state index contributed by atoms with van der Waals surface area (Å²) < 4.78 is 5.26. The van der Waals surface area contributed by atoms with Crippen LogP contribution in [0.5, 0.6) is 0 Å². The van der Waals surface area contributed by atoms with Gasteiger partial charge in [-0.1, -0.05) is 22.0 Å². The quantitative estimate of drug-likeness (QED) is 0.482. The first-order valence-electron chi connectivity index (χ1n) is 4.40. The predicted molar refractivity (Wildman–Crippen MR) is 59.8 cm³/mol. The maximum atomic E-state index is 11.7. The van der Waals surface area contributed by atoms with Crippen LogP contribution < -0.4 is 0 Å². The van der Waals surface area contributed by atoms with Crippen molar-refractivity contribution in [1.82, 2.24) is 0 Å². The van der Waals surface area contributed by atoms with Crippen molar-refractivity contribution in [1.29, 1.82) is 0 Å². The number of methoxy groups -OCH3 is 1. The lowest BCUT2D eigenvalue weighted by atomic mass is 10.0. The highest BCUT2D eigenvalue weighted by Gasteiger charge is 2.14. The van der Waals surface area contributed by atoms with Crippen molar-refractivity contribution < 1.29 is 14.3 Å². The monoisotopic (exact) mass is 270 g/mol. The lowest BCUT2D eigenvalue weighted by molar-refractivity contribution is -0.139. The van der Waals surface area contributed by atoms with Gasteiger partial charge in [-0.05, 0) is 24.6 Å². The van der Waals surface area contributed by atoms with Crippen LogP contribution in [-0.2, 0) is 9.53 Å². The molecule has 0 spiro atoms. The van der Waals surface area contributed by atoms with Crippen LogP contribution in [0.2, 0.25) is 0 Å². The first-order chi connectivity index (χ1) is 7.04. The SMILES string of the molecule is COC(=O)CC(=O)c1cc(Br)ccc1C. The van der Waals surface area contributed by atoms with Gasteiger partial charge >= 0.3 is 5.97 Å². The number of ether oxygens (including phenoxy) is 1. The largest absolute Gasteiger partial charge is 0.469 e. The number of esters is 1. The fraction of sp³-hybridized carbons (Fsp3) is 0.273. The Morgan fingerprint density at radius 1 is 1.40 bits per heavy atom. The molecule has 1 rings (SSSR count). The molecule has 0 atom stereocenters. The van der Waals surface area contributed by atoms with Crippen LogP contribution in [0, 0.1) is 6.92 Å². The van der Waals surface area contributed by atoms with Crippen molar-refractivity contribution >= 4 is 27.7 Å². The van der Waals surface area contributed by atoms with Crippen molar-refractivity contribution in [2.45, 2.75) is 13.3 Å². The van der Waals surface area contributed by atoms with Crippen LogP contribution >= 0.6 is 15.9 Å². The Morgan fingerprint density at radius 3 is 2.67 bits per heavy atom. The molecule has 0 aromatic heterocycles. The van der Waals surface area contributed by atoms with Gasteiger partial charge in [0.1, 0.15) is 6.42 Å². The molecule has 80 valence electrons. The Balaban J connectivity index is 2.91. The predicted octanol–water partition coefficient (Wildman–Crippen LogP) is 2.50. The molecule has 0 aliphatic carbocycles. The average molecular weight is 271 g/mol. The van der Waals surface area contributed by atoms with Gasteiger partial charge in [0.05, 0.1) is 7.11 Å². The molecule has 3 nitrogen and oxygen atoms in total. The molecule has 15 heavy (non-hydrogen) atoms. The van der Waals surface area contributed by atoms with Gasteiger partial charge in [0.25, 0.3) is 0 Å². The van der Waals surface area contributed by atoms with Gasteiger partial charge in [-0.25, -0.2) is 0 Å². The molecular weight excluding hydrogens is 260 g/mol. The lowest BCUT2D eigenvalue weighted by Crippen LogP contribution is -2.10. The van der Waals surface area contributed by atoms with Crippen molar-refractivity contribution in [2.24, 2.45) is 0 Å². The third-order valence-corrected chi connectivity index (χ3v) is 2.53. The summed E-state index contributed by atoms with van der Waals surface area (Å²) in [6, 6.07) is 5.39. The van der Waals surface area contributed by atoms with Crippen molar-refractivity contribution in [2.75, 3.05) is 7.11 Å². The van der Waals surface area contributed by atoms with E-state index in [9.17, 15) is 9.59 Å². The zero-order valence-corrected chi connectivity index (χ0v) is 10.1. The molecule has 1 aromatic carbocycles. The van der Waals surface area contributed by atoms with Crippen LogP contribution in [0.3, 0.4) is 0 Å². The number of ketones is 1. The summed E-state index contributed by atoms with van der Waals surface area (Å²) in [5.74, 6) is -0.736. The molecule has 0 fully saturated rings. The maximum absolute atomic E-state index is 11.7. The van der Waals surface area contributed by atoms with E-state index in [4.69, 9.17) is 0 Å². The standard InChI is InChI=1S/C11H11BrO3/c1-7-3-4-8(12)5-9(7)10(13)6-11(14)15-2/h3-5H,6H2,1-2H3. The molecule has 0 saturated carbocycles. The van der Waals surface area contributed by atoms with E-state index in [1.165, 1.54) is 7.11 Å². The smallest absolute Gasteiger partial charge is 0.313 e. The Kier molecular flexibility index (Phi) is 4.03. The number of aryl methyl sites for hydroxylation is 1. The van der Waals surface area contributed by atoms with E-state index < -0.39 is 5.97 Å². The summed E-state index contributed by atoms with van der Waals surface area (Å²) in [7, 11) is 1.27. The third kappa shape index (κ3) is 3.16. The summed E-state index contributed by atoms with van der Waals surface area (Å²) in [6.07, 6.45) is -0.214. The highest BCUT2D eigenvalue weighted by molar-refractivity contribution is 9.10. The number of hydrogen-bond acceptors (Lipinski definition) is 3. The van der Waals surface area contributed by atoms with Gasteiger partial charge < -0.3 is 4.74 Å². The van der Waals surface area contributed by atoms with E-state index in [0.29, 0.717) is 5.56 Å². The summed E-state index contributed by atoms with van der Waals surface area (Å²) in [4.78, 5) is 22.6.